The lowest BCUT2D eigenvalue weighted by atomic mass is 10.1. The van der Waals surface area contributed by atoms with Gasteiger partial charge in [0.25, 0.3) is 0 Å². The van der Waals surface area contributed by atoms with Crippen LogP contribution in [0.25, 0.3) is 0 Å². The van der Waals surface area contributed by atoms with Crippen molar-refractivity contribution in [2.45, 2.75) is 33.7 Å². The van der Waals surface area contributed by atoms with Gasteiger partial charge in [0.15, 0.2) is 0 Å². The second kappa shape index (κ2) is 5.52. The lowest BCUT2D eigenvalue weighted by Gasteiger charge is -2.18. The Hall–Kier alpha value is -2.05. The van der Waals surface area contributed by atoms with Crippen molar-refractivity contribution in [3.05, 3.63) is 11.4 Å². The Bertz CT molecular complexity index is 434. The summed E-state index contributed by atoms with van der Waals surface area (Å²) in [6.07, 6.45) is 0. The van der Waals surface area contributed by atoms with Gasteiger partial charge in [-0.15, -0.1) is 0 Å². The molecule has 0 aromatic carbocycles. The molecule has 1 heterocycles. The first-order valence-corrected chi connectivity index (χ1v) is 5.64. The lowest BCUT2D eigenvalue weighted by molar-refractivity contribution is -0.140. The number of rotatable bonds is 4. The number of carbonyl (C=O) groups is 2. The first kappa shape index (κ1) is 14.0. The monoisotopic (exact) mass is 254 g/mol. The van der Waals surface area contributed by atoms with E-state index in [2.05, 4.69) is 20.8 Å². The number of nitrogens with one attached hydrogen (secondary N) is 3. The van der Waals surface area contributed by atoms with E-state index in [1.54, 1.807) is 27.7 Å². The molecule has 7 heteroatoms. The maximum atomic E-state index is 11.7. The molecule has 0 aliphatic rings. The molecule has 1 aromatic heterocycles. The number of hydrogen-bond acceptors (Lipinski definition) is 3. The fourth-order valence-corrected chi connectivity index (χ4v) is 1.54. The molecule has 0 aliphatic heterocycles. The third-order valence-electron chi connectivity index (χ3n) is 2.59. The summed E-state index contributed by atoms with van der Waals surface area (Å²) in [7, 11) is 0. The van der Waals surface area contributed by atoms with Gasteiger partial charge in [-0.25, -0.2) is 9.59 Å². The number of aromatic nitrogens is 2. The van der Waals surface area contributed by atoms with Crippen molar-refractivity contribution in [3.8, 4) is 0 Å². The highest BCUT2D eigenvalue weighted by Gasteiger charge is 2.23. The minimum atomic E-state index is -1.05. The molecule has 0 saturated heterocycles. The number of nitrogens with zero attached hydrogens (tertiary/aromatic N) is 1. The number of carbonyl (C=O) groups excluding carboxylic acids is 1. The topological polar surface area (TPSA) is 107 Å². The summed E-state index contributed by atoms with van der Waals surface area (Å²) in [6.45, 7) is 6.98. The Morgan fingerprint density at radius 3 is 2.33 bits per heavy atom. The van der Waals surface area contributed by atoms with Crippen molar-refractivity contribution >= 4 is 17.7 Å². The van der Waals surface area contributed by atoms with Crippen molar-refractivity contribution in [1.29, 1.82) is 0 Å². The molecule has 0 saturated carbocycles. The number of carboxylic acid groups (broad SMARTS) is 1. The van der Waals surface area contributed by atoms with E-state index in [9.17, 15) is 9.59 Å². The van der Waals surface area contributed by atoms with Crippen LogP contribution in [0.3, 0.4) is 0 Å². The van der Waals surface area contributed by atoms with Crippen molar-refractivity contribution < 1.29 is 14.7 Å². The predicted octanol–water partition coefficient (Wildman–Crippen LogP) is 1.26. The smallest absolute Gasteiger partial charge is 0.326 e. The Morgan fingerprint density at radius 2 is 1.94 bits per heavy atom. The lowest BCUT2D eigenvalue weighted by Crippen LogP contribution is -2.46. The van der Waals surface area contributed by atoms with Crippen molar-refractivity contribution in [2.75, 3.05) is 5.32 Å². The molecule has 2 amide bonds. The molecule has 0 fully saturated rings. The first-order valence-electron chi connectivity index (χ1n) is 5.64. The minimum Gasteiger partial charge on any atom is -0.480 e. The zero-order valence-electron chi connectivity index (χ0n) is 10.9. The fourth-order valence-electron chi connectivity index (χ4n) is 1.54. The summed E-state index contributed by atoms with van der Waals surface area (Å²) in [5.74, 6) is -1.25. The summed E-state index contributed by atoms with van der Waals surface area (Å²) >= 11 is 0. The van der Waals surface area contributed by atoms with Gasteiger partial charge in [0, 0.05) is 0 Å². The summed E-state index contributed by atoms with van der Waals surface area (Å²) in [5, 5.41) is 20.6. The van der Waals surface area contributed by atoms with E-state index in [-0.39, 0.29) is 5.92 Å². The number of anilines is 1. The predicted molar refractivity (Wildman–Crippen MR) is 66.5 cm³/mol. The quantitative estimate of drug-likeness (QED) is 0.648. The second-order valence-electron chi connectivity index (χ2n) is 4.47. The van der Waals surface area contributed by atoms with E-state index in [1.807, 2.05) is 0 Å². The van der Waals surface area contributed by atoms with Gasteiger partial charge in [0.2, 0.25) is 0 Å². The van der Waals surface area contributed by atoms with Crippen LogP contribution in [0.15, 0.2) is 0 Å². The standard InChI is InChI=1S/C11H18N4O3/c1-5(2)8(10(16)17)12-11(18)13-9-6(3)14-15-7(9)4/h5,8H,1-4H3,(H,14,15)(H,16,17)(H2,12,13,18)/t8-/m1/s1. The summed E-state index contributed by atoms with van der Waals surface area (Å²) < 4.78 is 0. The van der Waals surface area contributed by atoms with E-state index < -0.39 is 18.0 Å². The summed E-state index contributed by atoms with van der Waals surface area (Å²) in [4.78, 5) is 22.7. The van der Waals surface area contributed by atoms with Gasteiger partial charge in [-0.3, -0.25) is 5.10 Å². The van der Waals surface area contributed by atoms with E-state index in [1.165, 1.54) is 0 Å². The zero-order chi connectivity index (χ0) is 13.9. The van der Waals surface area contributed by atoms with Crippen LogP contribution in [-0.2, 0) is 4.79 Å². The Labute approximate surface area is 105 Å². The molecule has 1 atom stereocenters. The number of aliphatic carboxylic acids is 1. The van der Waals surface area contributed by atoms with Crippen LogP contribution in [-0.4, -0.2) is 33.3 Å². The number of aryl methyl sites for hydroxylation is 2. The van der Waals surface area contributed by atoms with Gasteiger partial charge >= 0.3 is 12.0 Å². The van der Waals surface area contributed by atoms with Crippen LogP contribution in [0, 0.1) is 19.8 Å². The highest BCUT2D eigenvalue weighted by atomic mass is 16.4. The normalized spacial score (nSPS) is 12.3. The summed E-state index contributed by atoms with van der Waals surface area (Å²) in [5.41, 5.74) is 1.94. The third kappa shape index (κ3) is 3.22. The van der Waals surface area contributed by atoms with Crippen LogP contribution in [0.5, 0.6) is 0 Å². The molecule has 0 unspecified atom stereocenters. The van der Waals surface area contributed by atoms with Crippen LogP contribution < -0.4 is 10.6 Å². The summed E-state index contributed by atoms with van der Waals surface area (Å²) in [6, 6.07) is -1.47. The Balaban J connectivity index is 2.69. The number of urea groups is 1. The second-order valence-corrected chi connectivity index (χ2v) is 4.47. The van der Waals surface area contributed by atoms with Gasteiger partial charge < -0.3 is 15.7 Å². The van der Waals surface area contributed by atoms with Gasteiger partial charge in [0.1, 0.15) is 6.04 Å². The molecule has 100 valence electrons. The van der Waals surface area contributed by atoms with E-state index in [0.29, 0.717) is 11.4 Å². The van der Waals surface area contributed by atoms with E-state index in [4.69, 9.17) is 5.11 Å². The van der Waals surface area contributed by atoms with Gasteiger partial charge in [-0.1, -0.05) is 13.8 Å². The third-order valence-corrected chi connectivity index (χ3v) is 2.59. The zero-order valence-corrected chi connectivity index (χ0v) is 10.9. The van der Waals surface area contributed by atoms with Gasteiger partial charge in [0.05, 0.1) is 17.1 Å². The molecule has 18 heavy (non-hydrogen) atoms. The van der Waals surface area contributed by atoms with Crippen molar-refractivity contribution in [3.63, 3.8) is 0 Å². The number of H-pyrrole nitrogens is 1. The molecule has 0 bridgehead atoms. The fraction of sp³-hybridized carbons (Fsp3) is 0.545. The number of carboxylic acids is 1. The maximum Gasteiger partial charge on any atom is 0.326 e. The maximum absolute atomic E-state index is 11.7. The Morgan fingerprint density at radius 1 is 1.33 bits per heavy atom. The van der Waals surface area contributed by atoms with E-state index >= 15 is 0 Å². The van der Waals surface area contributed by atoms with Crippen LogP contribution in [0.4, 0.5) is 10.5 Å². The van der Waals surface area contributed by atoms with Crippen molar-refractivity contribution in [2.24, 2.45) is 5.92 Å². The first-order chi connectivity index (χ1) is 8.32. The molecule has 0 radical (unpaired) electrons. The molecule has 1 aromatic rings. The number of aromatic amines is 1. The van der Waals surface area contributed by atoms with Crippen molar-refractivity contribution in [1.82, 2.24) is 15.5 Å². The van der Waals surface area contributed by atoms with Crippen LogP contribution >= 0.6 is 0 Å². The van der Waals surface area contributed by atoms with Crippen LogP contribution in [0.1, 0.15) is 25.2 Å². The molecule has 0 spiro atoms. The molecule has 0 aliphatic carbocycles. The highest BCUT2D eigenvalue weighted by molar-refractivity contribution is 5.93. The van der Waals surface area contributed by atoms with Gasteiger partial charge in [-0.2, -0.15) is 5.10 Å². The molecule has 4 N–H and O–H groups in total. The molecular weight excluding hydrogens is 236 g/mol. The van der Waals surface area contributed by atoms with Crippen LogP contribution in [0.2, 0.25) is 0 Å². The minimum absolute atomic E-state index is 0.195. The number of amides is 2. The average molecular weight is 254 g/mol. The van der Waals surface area contributed by atoms with E-state index in [0.717, 1.165) is 5.69 Å². The Kier molecular flexibility index (Phi) is 4.30. The average Bonchev–Trinajstić information content (AvgIpc) is 2.56. The van der Waals surface area contributed by atoms with Gasteiger partial charge in [-0.05, 0) is 19.8 Å². The largest absolute Gasteiger partial charge is 0.480 e. The SMILES string of the molecule is Cc1n[nH]c(C)c1NC(=O)N[C@@H](C(=O)O)C(C)C. The highest BCUT2D eigenvalue weighted by Crippen LogP contribution is 2.15. The molecule has 1 rings (SSSR count). The molecule has 7 nitrogen and oxygen atoms in total. The molecular formula is C11H18N4O3. The number of hydrogen-bond donors (Lipinski definition) is 4.